The molecule has 1 amide bonds. The monoisotopic (exact) mass is 1020 g/mol. The summed E-state index contributed by atoms with van der Waals surface area (Å²) in [5.74, 6) is -0.572. The third kappa shape index (κ3) is 19.3. The molecule has 5 aliphatic rings. The molecule has 14 nitrogen and oxygen atoms in total. The predicted molar refractivity (Wildman–Crippen MR) is 292 cm³/mol. The van der Waals surface area contributed by atoms with Crippen LogP contribution in [0.5, 0.6) is 0 Å². The van der Waals surface area contributed by atoms with Crippen LogP contribution in [0.3, 0.4) is 0 Å². The molecule has 1 aliphatic carbocycles. The van der Waals surface area contributed by atoms with Gasteiger partial charge in [0.25, 0.3) is 0 Å². The van der Waals surface area contributed by atoms with Crippen LogP contribution in [0.1, 0.15) is 144 Å². The van der Waals surface area contributed by atoms with Gasteiger partial charge >= 0.3 is 0 Å². The zero-order valence-corrected chi connectivity index (χ0v) is 45.1. The largest absolute Gasteiger partial charge is 0.349 e. The molecule has 5 fully saturated rings. The number of piperidine rings is 1. The molecule has 73 heavy (non-hydrogen) atoms. The van der Waals surface area contributed by atoms with Crippen molar-refractivity contribution in [3.63, 3.8) is 0 Å². The van der Waals surface area contributed by atoms with Crippen molar-refractivity contribution < 1.29 is 13.6 Å². The van der Waals surface area contributed by atoms with Crippen molar-refractivity contribution in [3.8, 4) is 0 Å². The lowest BCUT2D eigenvalue weighted by Gasteiger charge is -2.40. The summed E-state index contributed by atoms with van der Waals surface area (Å²) in [6.45, 7) is 27.0. The normalized spacial score (nSPS) is 24.9. The van der Waals surface area contributed by atoms with E-state index in [1.54, 1.807) is 0 Å². The van der Waals surface area contributed by atoms with E-state index >= 15 is 0 Å². The first-order valence-electron chi connectivity index (χ1n) is 28.8. The molecule has 5 heterocycles. The molecular formula is C57H95F2N13O. The molecule has 0 spiro atoms. The SMILES string of the molecule is Cc1nnc(C(C)C)n1C1C[C@H]2CC[C@@H](C1)N2CC[C@H](NC(=O)C1CCC(F)(F)CC1)c1ccccc1.c1cc(CN2CCCNCCNCCCNCC2)ccc1CN1CCCNCCNCCCNCC1. The van der Waals surface area contributed by atoms with Gasteiger partial charge in [0, 0.05) is 115 Å². The first-order valence-corrected chi connectivity index (χ1v) is 28.8. The van der Waals surface area contributed by atoms with Crippen LogP contribution in [0.2, 0.25) is 0 Å². The van der Waals surface area contributed by atoms with Crippen molar-refractivity contribution in [1.29, 1.82) is 0 Å². The number of hydrogen-bond acceptors (Lipinski definition) is 12. The minimum atomic E-state index is -2.62. The third-order valence-electron chi connectivity index (χ3n) is 16.0. The highest BCUT2D eigenvalue weighted by molar-refractivity contribution is 5.79. The lowest BCUT2D eigenvalue weighted by atomic mass is 9.86. The van der Waals surface area contributed by atoms with Gasteiger partial charge < -0.3 is 41.8 Å². The van der Waals surface area contributed by atoms with Gasteiger partial charge in [0.2, 0.25) is 11.8 Å². The van der Waals surface area contributed by atoms with Crippen molar-refractivity contribution in [2.45, 2.75) is 153 Å². The predicted octanol–water partition coefficient (Wildman–Crippen LogP) is 6.37. The quantitative estimate of drug-likeness (QED) is 0.109. The minimum Gasteiger partial charge on any atom is -0.349 e. The van der Waals surface area contributed by atoms with Gasteiger partial charge in [0.05, 0.1) is 6.04 Å². The fraction of sp³-hybridized carbons (Fsp3) is 0.737. The summed E-state index contributed by atoms with van der Waals surface area (Å²) in [7, 11) is 0. The molecular weight excluding hydrogens is 921 g/mol. The summed E-state index contributed by atoms with van der Waals surface area (Å²) in [6, 6.07) is 20.9. The number of aryl methyl sites for hydroxylation is 1. The molecule has 4 saturated heterocycles. The van der Waals surface area contributed by atoms with Crippen LogP contribution < -0.4 is 37.2 Å². The van der Waals surface area contributed by atoms with E-state index in [1.165, 1.54) is 49.7 Å². The van der Waals surface area contributed by atoms with Crippen LogP contribution in [0, 0.1) is 12.8 Å². The molecule has 1 aromatic heterocycles. The second kappa shape index (κ2) is 30.9. The average molecular weight is 1020 g/mol. The molecule has 4 atom stereocenters. The Morgan fingerprint density at radius 3 is 1.63 bits per heavy atom. The summed E-state index contributed by atoms with van der Waals surface area (Å²) in [6.07, 6.45) is 10.4. The van der Waals surface area contributed by atoms with E-state index in [2.05, 4.69) is 124 Å². The van der Waals surface area contributed by atoms with Crippen LogP contribution in [0.15, 0.2) is 54.6 Å². The van der Waals surface area contributed by atoms with E-state index in [4.69, 9.17) is 0 Å². The number of nitrogens with one attached hydrogen (secondary N) is 7. The number of hydrogen-bond donors (Lipinski definition) is 7. The Kier molecular flexibility index (Phi) is 24.3. The van der Waals surface area contributed by atoms with Gasteiger partial charge in [-0.1, -0.05) is 68.4 Å². The number of carbonyl (C=O) groups is 1. The van der Waals surface area contributed by atoms with E-state index in [9.17, 15) is 13.6 Å². The summed E-state index contributed by atoms with van der Waals surface area (Å²) in [4.78, 5) is 21.0. The maximum absolute atomic E-state index is 13.6. The Morgan fingerprint density at radius 1 is 0.630 bits per heavy atom. The zero-order chi connectivity index (χ0) is 51.1. The number of alkyl halides is 2. The molecule has 1 unspecified atom stereocenters. The maximum atomic E-state index is 13.6. The number of benzene rings is 2. The highest BCUT2D eigenvalue weighted by Crippen LogP contribution is 2.43. The van der Waals surface area contributed by atoms with Gasteiger partial charge in [-0.25, -0.2) is 8.78 Å². The molecule has 16 heteroatoms. The van der Waals surface area contributed by atoms with E-state index in [-0.39, 0.29) is 43.6 Å². The second-order valence-corrected chi connectivity index (χ2v) is 22.1. The molecule has 3 aromatic rings. The second-order valence-electron chi connectivity index (χ2n) is 22.1. The van der Waals surface area contributed by atoms with Crippen molar-refractivity contribution in [1.82, 2.24) is 66.7 Å². The maximum Gasteiger partial charge on any atom is 0.248 e. The Hall–Kier alpha value is -3.45. The van der Waals surface area contributed by atoms with E-state index in [0.717, 1.165) is 161 Å². The fourth-order valence-corrected chi connectivity index (χ4v) is 11.8. The van der Waals surface area contributed by atoms with Gasteiger partial charge in [-0.2, -0.15) is 0 Å². The van der Waals surface area contributed by atoms with Gasteiger partial charge in [0.1, 0.15) is 11.6 Å². The molecule has 408 valence electrons. The van der Waals surface area contributed by atoms with Crippen LogP contribution in [0.25, 0.3) is 0 Å². The Morgan fingerprint density at radius 2 is 1.12 bits per heavy atom. The lowest BCUT2D eigenvalue weighted by Crippen LogP contribution is -2.45. The van der Waals surface area contributed by atoms with Gasteiger partial charge in [-0.15, -0.1) is 10.2 Å². The van der Waals surface area contributed by atoms with Crippen LogP contribution in [-0.2, 0) is 17.9 Å². The van der Waals surface area contributed by atoms with Gasteiger partial charge in [-0.05, 0) is 147 Å². The van der Waals surface area contributed by atoms with Crippen LogP contribution >= 0.6 is 0 Å². The number of carbonyl (C=O) groups excluding carboxylic acids is 1. The van der Waals surface area contributed by atoms with Gasteiger partial charge in [0.15, 0.2) is 0 Å². The topological polar surface area (TPSA) is 142 Å². The van der Waals surface area contributed by atoms with Gasteiger partial charge in [-0.3, -0.25) is 19.5 Å². The highest BCUT2D eigenvalue weighted by atomic mass is 19.3. The van der Waals surface area contributed by atoms with Crippen molar-refractivity contribution in [2.75, 3.05) is 111 Å². The first kappa shape index (κ1) is 57.3. The highest BCUT2D eigenvalue weighted by Gasteiger charge is 2.43. The lowest BCUT2D eigenvalue weighted by molar-refractivity contribution is -0.130. The zero-order valence-electron chi connectivity index (χ0n) is 45.1. The number of aromatic nitrogens is 3. The van der Waals surface area contributed by atoms with Crippen molar-refractivity contribution in [2.24, 2.45) is 5.92 Å². The van der Waals surface area contributed by atoms with Crippen LogP contribution in [0.4, 0.5) is 8.78 Å². The summed E-state index contributed by atoms with van der Waals surface area (Å²) in [5.41, 5.74) is 3.94. The molecule has 7 N–H and O–H groups in total. The Bertz CT molecular complexity index is 1880. The van der Waals surface area contributed by atoms with Crippen molar-refractivity contribution >= 4 is 5.91 Å². The molecule has 2 aromatic carbocycles. The minimum absolute atomic E-state index is 0.0738. The van der Waals surface area contributed by atoms with E-state index in [1.807, 2.05) is 18.2 Å². The van der Waals surface area contributed by atoms with E-state index < -0.39 is 5.92 Å². The van der Waals surface area contributed by atoms with E-state index in [0.29, 0.717) is 24.0 Å². The number of amides is 1. The number of rotatable bonds is 12. The Balaban J connectivity index is 0.000000214. The number of halogens is 2. The molecule has 8 rings (SSSR count). The molecule has 1 saturated carbocycles. The Labute approximate surface area is 438 Å². The summed E-state index contributed by atoms with van der Waals surface area (Å²) >= 11 is 0. The van der Waals surface area contributed by atoms with Crippen molar-refractivity contribution in [3.05, 3.63) is 82.9 Å². The molecule has 4 aliphatic heterocycles. The van der Waals surface area contributed by atoms with Crippen LogP contribution in [-0.4, -0.2) is 165 Å². The third-order valence-corrected chi connectivity index (χ3v) is 16.0. The fourth-order valence-electron chi connectivity index (χ4n) is 11.8. The first-order chi connectivity index (χ1) is 35.6. The average Bonchev–Trinajstić information content (AvgIpc) is 3.89. The number of nitrogens with zero attached hydrogens (tertiary/aromatic N) is 6. The smallest absolute Gasteiger partial charge is 0.248 e. The number of fused-ring (bicyclic) bond motifs is 2. The molecule has 0 radical (unpaired) electrons. The summed E-state index contributed by atoms with van der Waals surface area (Å²) < 4.78 is 29.6. The molecule has 2 bridgehead atoms. The summed E-state index contributed by atoms with van der Waals surface area (Å²) in [5, 5.41) is 33.5. The standard InChI is InChI=1S/C29H41F2N5O.C28H54N8/c1-19(2)27-34-33-20(3)36(27)25-17-23-9-10-24(18-25)35(23)16-13-26(21-7-5-4-6-8-21)32-28(37)22-11-14-29(30,31)15-12-22;1-9-29-15-17-31-13-3-21-35(23-19-33-11-1)25-27-5-7-28(8-6-27)26-36-22-4-14-32-18-16-30-10-2-12-34-20-24-36/h4-8,19,22-26H,9-18H2,1-3H3,(H,32,37);5-8,29-34H,1-4,9-26H2/t23-,24+,25?,26-;/m0./s1.